The molecule has 4 unspecified atom stereocenters. The highest BCUT2D eigenvalue weighted by atomic mass is 32.2. The minimum absolute atomic E-state index is 0.0511. The molecule has 0 saturated carbocycles. The zero-order valence-corrected chi connectivity index (χ0v) is 16.0. The van der Waals surface area contributed by atoms with Crippen molar-refractivity contribution in [2.24, 2.45) is 29.6 Å². The van der Waals surface area contributed by atoms with Crippen molar-refractivity contribution in [2.75, 3.05) is 0 Å². The Balaban J connectivity index is 6.52. The summed E-state index contributed by atoms with van der Waals surface area (Å²) in [6, 6.07) is 0. The second-order valence-electron chi connectivity index (χ2n) is 7.53. The zero-order valence-electron chi connectivity index (χ0n) is 15.2. The second-order valence-corrected chi connectivity index (χ2v) is 9.15. The standard InChI is InChI=1S/C16H30O7S/c1-9(2)7-11(5)13(14(17)18)16(15(19)20,24(21,22)23)12(6)8-10(3)4/h9-13H,7-8H2,1-6H3,(H,17,18)(H,19,20)(H,21,22,23). The maximum atomic E-state index is 12.2. The lowest BCUT2D eigenvalue weighted by atomic mass is 9.71. The van der Waals surface area contributed by atoms with Gasteiger partial charge in [-0.2, -0.15) is 8.42 Å². The Labute approximate surface area is 144 Å². The highest BCUT2D eigenvalue weighted by Gasteiger charge is 2.64. The normalized spacial score (nSPS) is 18.9. The van der Waals surface area contributed by atoms with E-state index in [1.807, 2.05) is 13.8 Å². The summed E-state index contributed by atoms with van der Waals surface area (Å²) in [5, 5.41) is 19.4. The van der Waals surface area contributed by atoms with E-state index in [-0.39, 0.29) is 18.3 Å². The smallest absolute Gasteiger partial charge is 0.328 e. The predicted molar refractivity (Wildman–Crippen MR) is 90.3 cm³/mol. The van der Waals surface area contributed by atoms with Crippen molar-refractivity contribution >= 4 is 22.1 Å². The molecule has 24 heavy (non-hydrogen) atoms. The van der Waals surface area contributed by atoms with Crippen molar-refractivity contribution in [3.05, 3.63) is 0 Å². The van der Waals surface area contributed by atoms with Gasteiger partial charge in [0.05, 0.1) is 5.92 Å². The largest absolute Gasteiger partial charge is 0.481 e. The molecule has 0 aromatic heterocycles. The summed E-state index contributed by atoms with van der Waals surface area (Å²) in [5.74, 6) is -6.91. The first-order valence-electron chi connectivity index (χ1n) is 8.12. The number of carboxylic acids is 2. The Hall–Kier alpha value is -1.15. The Kier molecular flexibility index (Phi) is 7.89. The van der Waals surface area contributed by atoms with Crippen molar-refractivity contribution < 1.29 is 32.8 Å². The Bertz CT molecular complexity index is 553. The van der Waals surface area contributed by atoms with Gasteiger partial charge in [-0.3, -0.25) is 14.1 Å². The first-order valence-corrected chi connectivity index (χ1v) is 9.56. The van der Waals surface area contributed by atoms with Crippen LogP contribution in [0.25, 0.3) is 0 Å². The molecule has 0 aliphatic rings. The third-order valence-electron chi connectivity index (χ3n) is 4.46. The molecule has 0 fully saturated rings. The van der Waals surface area contributed by atoms with Gasteiger partial charge in [-0.15, -0.1) is 0 Å². The molecule has 0 aromatic rings. The van der Waals surface area contributed by atoms with Crippen molar-refractivity contribution in [2.45, 2.75) is 59.1 Å². The molecule has 0 amide bonds. The van der Waals surface area contributed by atoms with Crippen LogP contribution in [-0.2, 0) is 19.7 Å². The van der Waals surface area contributed by atoms with Crippen LogP contribution in [0.2, 0.25) is 0 Å². The Morgan fingerprint density at radius 1 is 0.917 bits per heavy atom. The quantitative estimate of drug-likeness (QED) is 0.507. The summed E-state index contributed by atoms with van der Waals surface area (Å²) in [6.07, 6.45) is 0.486. The molecule has 0 radical (unpaired) electrons. The van der Waals surface area contributed by atoms with Gasteiger partial charge in [0.1, 0.15) is 0 Å². The maximum absolute atomic E-state index is 12.2. The van der Waals surface area contributed by atoms with Crippen LogP contribution in [0.15, 0.2) is 0 Å². The first kappa shape index (κ1) is 22.9. The van der Waals surface area contributed by atoms with Crippen molar-refractivity contribution in [3.63, 3.8) is 0 Å². The lowest BCUT2D eigenvalue weighted by molar-refractivity contribution is -0.156. The van der Waals surface area contributed by atoms with Crippen molar-refractivity contribution in [3.8, 4) is 0 Å². The summed E-state index contributed by atoms with van der Waals surface area (Å²) < 4.78 is 31.4. The molecule has 3 N–H and O–H groups in total. The molecular formula is C16H30O7S. The number of hydrogen-bond acceptors (Lipinski definition) is 4. The van der Waals surface area contributed by atoms with Gasteiger partial charge in [0.15, 0.2) is 0 Å². The zero-order chi connectivity index (χ0) is 19.5. The minimum Gasteiger partial charge on any atom is -0.481 e. The molecule has 0 aliphatic carbocycles. The molecule has 0 bridgehead atoms. The average Bonchev–Trinajstić information content (AvgIpc) is 2.30. The monoisotopic (exact) mass is 366 g/mol. The number of carboxylic acid groups (broad SMARTS) is 2. The highest BCUT2D eigenvalue weighted by Crippen LogP contribution is 2.43. The topological polar surface area (TPSA) is 129 Å². The molecular weight excluding hydrogens is 336 g/mol. The van der Waals surface area contributed by atoms with Crippen LogP contribution in [0.4, 0.5) is 0 Å². The average molecular weight is 366 g/mol. The van der Waals surface area contributed by atoms with Crippen LogP contribution in [0.5, 0.6) is 0 Å². The summed E-state index contributed by atoms with van der Waals surface area (Å²) in [7, 11) is -5.18. The fourth-order valence-corrected chi connectivity index (χ4v) is 5.27. The Morgan fingerprint density at radius 2 is 1.33 bits per heavy atom. The van der Waals surface area contributed by atoms with E-state index >= 15 is 0 Å². The lowest BCUT2D eigenvalue weighted by Gasteiger charge is -2.40. The van der Waals surface area contributed by atoms with Gasteiger partial charge >= 0.3 is 11.9 Å². The van der Waals surface area contributed by atoms with E-state index in [1.165, 1.54) is 13.8 Å². The SMILES string of the molecule is CC(C)CC(C)C(C(=O)O)C(C(=O)O)(C(C)CC(C)C)S(=O)(=O)O. The molecule has 4 atom stereocenters. The summed E-state index contributed by atoms with van der Waals surface area (Å²) in [5.41, 5.74) is 0. The van der Waals surface area contributed by atoms with E-state index in [9.17, 15) is 32.8 Å². The fourth-order valence-electron chi connectivity index (χ4n) is 3.79. The number of aliphatic carboxylic acids is 2. The van der Waals surface area contributed by atoms with Crippen LogP contribution < -0.4 is 0 Å². The van der Waals surface area contributed by atoms with Gasteiger partial charge < -0.3 is 10.2 Å². The molecule has 0 rings (SSSR count). The summed E-state index contributed by atoms with van der Waals surface area (Å²) in [4.78, 5) is 23.9. The maximum Gasteiger partial charge on any atom is 0.328 e. The molecule has 0 heterocycles. The summed E-state index contributed by atoms with van der Waals surface area (Å²) >= 11 is 0. The van der Waals surface area contributed by atoms with Gasteiger partial charge in [0, 0.05) is 0 Å². The first-order chi connectivity index (χ1) is 10.7. The Morgan fingerprint density at radius 3 is 1.58 bits per heavy atom. The third-order valence-corrected chi connectivity index (χ3v) is 6.14. The van der Waals surface area contributed by atoms with Crippen LogP contribution in [0.1, 0.15) is 54.4 Å². The molecule has 0 spiro atoms. The van der Waals surface area contributed by atoms with Crippen LogP contribution in [-0.4, -0.2) is 39.9 Å². The van der Waals surface area contributed by atoms with Gasteiger partial charge in [-0.05, 0) is 36.5 Å². The molecule has 8 heteroatoms. The van der Waals surface area contributed by atoms with E-state index in [2.05, 4.69) is 0 Å². The second kappa shape index (κ2) is 8.29. The minimum atomic E-state index is -5.18. The van der Waals surface area contributed by atoms with E-state index in [1.54, 1.807) is 13.8 Å². The van der Waals surface area contributed by atoms with E-state index in [0.717, 1.165) is 0 Å². The fraction of sp³-hybridized carbons (Fsp3) is 0.875. The van der Waals surface area contributed by atoms with E-state index in [0.29, 0.717) is 6.42 Å². The van der Waals surface area contributed by atoms with Gasteiger partial charge in [-0.25, -0.2) is 0 Å². The molecule has 7 nitrogen and oxygen atoms in total. The van der Waals surface area contributed by atoms with E-state index in [4.69, 9.17) is 0 Å². The number of hydrogen-bond donors (Lipinski definition) is 3. The predicted octanol–water partition coefficient (Wildman–Crippen LogP) is 2.76. The van der Waals surface area contributed by atoms with Crippen molar-refractivity contribution in [1.82, 2.24) is 0 Å². The molecule has 0 aromatic carbocycles. The number of rotatable bonds is 10. The molecule has 0 aliphatic heterocycles. The van der Waals surface area contributed by atoms with Crippen LogP contribution in [0.3, 0.4) is 0 Å². The number of carbonyl (C=O) groups is 2. The van der Waals surface area contributed by atoms with Crippen molar-refractivity contribution in [1.29, 1.82) is 0 Å². The van der Waals surface area contributed by atoms with Crippen LogP contribution in [0, 0.1) is 29.6 Å². The highest BCUT2D eigenvalue weighted by molar-refractivity contribution is 7.88. The van der Waals surface area contributed by atoms with Gasteiger partial charge in [0.2, 0.25) is 4.75 Å². The van der Waals surface area contributed by atoms with E-state index < -0.39 is 44.6 Å². The third kappa shape index (κ3) is 4.69. The van der Waals surface area contributed by atoms with Gasteiger partial charge in [0.25, 0.3) is 10.1 Å². The summed E-state index contributed by atoms with van der Waals surface area (Å²) in [6.45, 7) is 10.1. The molecule has 142 valence electrons. The lowest BCUT2D eigenvalue weighted by Crippen LogP contribution is -2.61. The van der Waals surface area contributed by atoms with Crippen LogP contribution >= 0.6 is 0 Å². The van der Waals surface area contributed by atoms with Gasteiger partial charge in [-0.1, -0.05) is 41.5 Å². The molecule has 0 saturated heterocycles.